The summed E-state index contributed by atoms with van der Waals surface area (Å²) in [6, 6.07) is 11.7. The van der Waals surface area contributed by atoms with E-state index in [1.807, 2.05) is 30.3 Å². The molecular formula is C21H18N2O5. The van der Waals surface area contributed by atoms with Crippen LogP contribution in [0.3, 0.4) is 0 Å². The minimum Gasteiger partial charge on any atom is -0.458 e. The van der Waals surface area contributed by atoms with Gasteiger partial charge in [-0.2, -0.15) is 0 Å². The summed E-state index contributed by atoms with van der Waals surface area (Å²) in [7, 11) is 1.34. The SMILES string of the molecule is CC[C@@]1(OOC)C(=O)OCc2c1cc1n(c2=O)Cc2cc3ccccc3nc2-1. The van der Waals surface area contributed by atoms with Crippen LogP contribution in [0.5, 0.6) is 0 Å². The maximum Gasteiger partial charge on any atom is 0.346 e. The molecule has 2 aromatic heterocycles. The van der Waals surface area contributed by atoms with Crippen molar-refractivity contribution in [1.29, 1.82) is 0 Å². The number of pyridine rings is 2. The highest BCUT2D eigenvalue weighted by atomic mass is 17.2. The van der Waals surface area contributed by atoms with Gasteiger partial charge in [-0.25, -0.2) is 19.6 Å². The summed E-state index contributed by atoms with van der Waals surface area (Å²) < 4.78 is 6.95. The molecule has 0 N–H and O–H groups in total. The zero-order chi connectivity index (χ0) is 19.5. The Hall–Kier alpha value is -3.03. The quantitative estimate of drug-likeness (QED) is 0.310. The first kappa shape index (κ1) is 17.1. The van der Waals surface area contributed by atoms with Gasteiger partial charge in [-0.1, -0.05) is 25.1 Å². The Balaban J connectivity index is 1.79. The van der Waals surface area contributed by atoms with E-state index in [1.54, 1.807) is 11.5 Å². The second-order valence-corrected chi connectivity index (χ2v) is 7.01. The third kappa shape index (κ3) is 2.14. The van der Waals surface area contributed by atoms with Gasteiger partial charge in [0.25, 0.3) is 5.56 Å². The molecule has 4 heterocycles. The summed E-state index contributed by atoms with van der Waals surface area (Å²) in [4.78, 5) is 40.8. The van der Waals surface area contributed by atoms with Crippen molar-refractivity contribution in [3.63, 3.8) is 0 Å². The third-order valence-electron chi connectivity index (χ3n) is 5.61. The zero-order valence-electron chi connectivity index (χ0n) is 15.5. The van der Waals surface area contributed by atoms with Crippen LogP contribution in [0.15, 0.2) is 41.2 Å². The topological polar surface area (TPSA) is 79.7 Å². The Morgan fingerprint density at radius 1 is 1.25 bits per heavy atom. The lowest BCUT2D eigenvalue weighted by Crippen LogP contribution is -2.46. The molecule has 2 aliphatic heterocycles. The Bertz CT molecular complexity index is 1200. The van der Waals surface area contributed by atoms with E-state index in [2.05, 4.69) is 6.07 Å². The molecule has 0 amide bonds. The van der Waals surface area contributed by atoms with Crippen LogP contribution >= 0.6 is 0 Å². The number of aromatic nitrogens is 2. The van der Waals surface area contributed by atoms with Crippen LogP contribution in [0.4, 0.5) is 0 Å². The lowest BCUT2D eigenvalue weighted by Gasteiger charge is -2.34. The summed E-state index contributed by atoms with van der Waals surface area (Å²) in [5.41, 5.74) is 2.51. The number of benzene rings is 1. The molecule has 3 aromatic rings. The first-order chi connectivity index (χ1) is 13.6. The Morgan fingerprint density at radius 2 is 2.07 bits per heavy atom. The Labute approximate surface area is 160 Å². The van der Waals surface area contributed by atoms with E-state index in [0.717, 1.165) is 22.2 Å². The molecule has 142 valence electrons. The number of para-hydroxylation sites is 1. The van der Waals surface area contributed by atoms with E-state index >= 15 is 0 Å². The van der Waals surface area contributed by atoms with Crippen molar-refractivity contribution < 1.29 is 19.3 Å². The molecule has 0 unspecified atom stereocenters. The third-order valence-corrected chi connectivity index (χ3v) is 5.61. The second kappa shape index (κ2) is 5.98. The number of fused-ring (bicyclic) bond motifs is 5. The number of cyclic esters (lactones) is 1. The van der Waals surface area contributed by atoms with Gasteiger partial charge in [0.2, 0.25) is 5.60 Å². The maximum absolute atomic E-state index is 13.2. The predicted molar refractivity (Wildman–Crippen MR) is 100 cm³/mol. The monoisotopic (exact) mass is 378 g/mol. The van der Waals surface area contributed by atoms with Crippen LogP contribution < -0.4 is 5.56 Å². The maximum atomic E-state index is 13.2. The van der Waals surface area contributed by atoms with Crippen LogP contribution in [0.25, 0.3) is 22.3 Å². The Morgan fingerprint density at radius 3 is 2.86 bits per heavy atom. The van der Waals surface area contributed by atoms with Crippen LogP contribution in [-0.2, 0) is 38.1 Å². The Kier molecular flexibility index (Phi) is 3.65. The van der Waals surface area contributed by atoms with Gasteiger partial charge in [0, 0.05) is 16.5 Å². The van der Waals surface area contributed by atoms with Crippen molar-refractivity contribution in [1.82, 2.24) is 9.55 Å². The molecule has 1 aromatic carbocycles. The number of hydrogen-bond donors (Lipinski definition) is 0. The van der Waals surface area contributed by atoms with E-state index in [9.17, 15) is 9.59 Å². The van der Waals surface area contributed by atoms with Crippen molar-refractivity contribution in [2.24, 2.45) is 0 Å². The van der Waals surface area contributed by atoms with Gasteiger partial charge in [0.15, 0.2) is 0 Å². The average molecular weight is 378 g/mol. The molecule has 7 nitrogen and oxygen atoms in total. The number of nitrogens with zero attached hydrogens (tertiary/aromatic N) is 2. The van der Waals surface area contributed by atoms with E-state index in [1.165, 1.54) is 7.11 Å². The summed E-state index contributed by atoms with van der Waals surface area (Å²) in [6.07, 6.45) is 0.271. The molecule has 0 saturated heterocycles. The van der Waals surface area contributed by atoms with Gasteiger partial charge in [0.05, 0.1) is 36.1 Å². The highest BCUT2D eigenvalue weighted by Crippen LogP contribution is 2.40. The van der Waals surface area contributed by atoms with Gasteiger partial charge < -0.3 is 9.30 Å². The second-order valence-electron chi connectivity index (χ2n) is 7.01. The molecule has 0 saturated carbocycles. The number of rotatable bonds is 3. The van der Waals surface area contributed by atoms with Gasteiger partial charge in [-0.3, -0.25) is 4.79 Å². The zero-order valence-corrected chi connectivity index (χ0v) is 15.5. The van der Waals surface area contributed by atoms with Crippen molar-refractivity contribution >= 4 is 16.9 Å². The van der Waals surface area contributed by atoms with E-state index in [-0.39, 0.29) is 18.6 Å². The molecule has 5 rings (SSSR count). The standard InChI is InChI=1S/C21H18N2O5/c1-3-21(28-26-2)15-9-17-18-13(8-12-6-4-5-7-16(12)22-18)10-23(17)19(24)14(15)11-27-20(21)25/h4-9H,3,10-11H2,1-2H3/t21-/m0/s1. The fourth-order valence-corrected chi connectivity index (χ4v) is 4.19. The van der Waals surface area contributed by atoms with Crippen LogP contribution in [0.1, 0.15) is 30.0 Å². The normalized spacial score (nSPS) is 19.9. The minimum absolute atomic E-state index is 0.0755. The fraction of sp³-hybridized carbons (Fsp3) is 0.286. The number of carbonyl (C=O) groups is 1. The highest BCUT2D eigenvalue weighted by Gasteiger charge is 2.49. The lowest BCUT2D eigenvalue weighted by molar-refractivity contribution is -0.347. The van der Waals surface area contributed by atoms with Crippen LogP contribution in [-0.4, -0.2) is 22.6 Å². The molecule has 28 heavy (non-hydrogen) atoms. The van der Waals surface area contributed by atoms with Gasteiger partial charge in [-0.05, 0) is 24.6 Å². The molecule has 2 aliphatic rings. The fourth-order valence-electron chi connectivity index (χ4n) is 4.19. The first-order valence-corrected chi connectivity index (χ1v) is 9.14. The van der Waals surface area contributed by atoms with E-state index in [4.69, 9.17) is 19.5 Å². The van der Waals surface area contributed by atoms with E-state index < -0.39 is 11.6 Å². The largest absolute Gasteiger partial charge is 0.458 e. The number of esters is 1. The highest BCUT2D eigenvalue weighted by molar-refractivity contribution is 5.86. The molecule has 0 aliphatic carbocycles. The summed E-state index contributed by atoms with van der Waals surface area (Å²) in [5, 5.41) is 1.02. The van der Waals surface area contributed by atoms with Crippen molar-refractivity contribution in [2.45, 2.75) is 32.1 Å². The molecule has 7 heteroatoms. The number of hydrogen-bond acceptors (Lipinski definition) is 6. The average Bonchev–Trinajstić information content (AvgIpc) is 3.06. The van der Waals surface area contributed by atoms with Gasteiger partial charge in [0.1, 0.15) is 6.61 Å². The van der Waals surface area contributed by atoms with Gasteiger partial charge in [-0.15, -0.1) is 0 Å². The minimum atomic E-state index is -1.46. The van der Waals surface area contributed by atoms with Crippen LogP contribution in [0.2, 0.25) is 0 Å². The summed E-state index contributed by atoms with van der Waals surface area (Å²) in [5.74, 6) is -0.557. The smallest absolute Gasteiger partial charge is 0.346 e. The molecule has 0 spiro atoms. The van der Waals surface area contributed by atoms with E-state index in [0.29, 0.717) is 23.4 Å². The molecule has 1 atom stereocenters. The summed E-state index contributed by atoms with van der Waals surface area (Å²) >= 11 is 0. The molecule has 0 bridgehead atoms. The number of ether oxygens (including phenoxy) is 1. The number of carbonyl (C=O) groups excluding carboxylic acids is 1. The van der Waals surface area contributed by atoms with Gasteiger partial charge >= 0.3 is 5.97 Å². The summed E-state index contributed by atoms with van der Waals surface area (Å²) in [6.45, 7) is 2.15. The first-order valence-electron chi connectivity index (χ1n) is 9.14. The molecule has 0 fully saturated rings. The van der Waals surface area contributed by atoms with Crippen molar-refractivity contribution in [3.05, 3.63) is 63.4 Å². The lowest BCUT2D eigenvalue weighted by atomic mass is 9.86. The van der Waals surface area contributed by atoms with Crippen LogP contribution in [0, 0.1) is 0 Å². The predicted octanol–water partition coefficient (Wildman–Crippen LogP) is 2.67. The van der Waals surface area contributed by atoms with Crippen molar-refractivity contribution in [3.8, 4) is 11.4 Å². The molecule has 0 radical (unpaired) electrons. The molecular weight excluding hydrogens is 360 g/mol. The van der Waals surface area contributed by atoms with Crippen molar-refractivity contribution in [2.75, 3.05) is 7.11 Å².